The topological polar surface area (TPSA) is 104 Å². The largest absolute Gasteiger partial charge is 0.347 e. The van der Waals surface area contributed by atoms with Crippen molar-refractivity contribution >= 4 is 27.5 Å². The summed E-state index contributed by atoms with van der Waals surface area (Å²) in [5.41, 5.74) is 4.20. The number of hydrogen-bond donors (Lipinski definition) is 3. The summed E-state index contributed by atoms with van der Waals surface area (Å²) in [7, 11) is -3.70. The van der Waals surface area contributed by atoms with Crippen LogP contribution in [0.2, 0.25) is 0 Å². The molecule has 0 spiro atoms. The third-order valence-corrected chi connectivity index (χ3v) is 6.21. The van der Waals surface area contributed by atoms with E-state index in [2.05, 4.69) is 15.4 Å². The zero-order valence-electron chi connectivity index (χ0n) is 17.1. The molecule has 0 fully saturated rings. The fourth-order valence-corrected chi connectivity index (χ4v) is 4.08. The van der Waals surface area contributed by atoms with Gasteiger partial charge in [-0.25, -0.2) is 13.1 Å². The van der Waals surface area contributed by atoms with E-state index in [9.17, 15) is 18.0 Å². The molecule has 0 radical (unpaired) electrons. The molecule has 0 saturated carbocycles. The van der Waals surface area contributed by atoms with Gasteiger partial charge in [-0.1, -0.05) is 24.3 Å². The fraction of sp³-hybridized carbons (Fsp3) is 0.333. The van der Waals surface area contributed by atoms with Crippen molar-refractivity contribution in [1.82, 2.24) is 10.0 Å². The molecule has 0 heterocycles. The Balaban J connectivity index is 1.80. The van der Waals surface area contributed by atoms with Crippen LogP contribution in [-0.4, -0.2) is 33.3 Å². The number of anilines is 1. The van der Waals surface area contributed by atoms with Crippen molar-refractivity contribution in [3.63, 3.8) is 0 Å². The number of amides is 2. The second-order valence-electron chi connectivity index (χ2n) is 6.99. The van der Waals surface area contributed by atoms with Crippen LogP contribution in [0.4, 0.5) is 5.69 Å². The van der Waals surface area contributed by atoms with Crippen molar-refractivity contribution < 1.29 is 18.0 Å². The van der Waals surface area contributed by atoms with Gasteiger partial charge in [0.2, 0.25) is 21.8 Å². The molecule has 0 atom stereocenters. The molecule has 2 aromatic carbocycles. The van der Waals surface area contributed by atoms with E-state index in [1.807, 2.05) is 39.0 Å². The molecule has 0 bridgehead atoms. The van der Waals surface area contributed by atoms with Crippen LogP contribution in [0.5, 0.6) is 0 Å². The average Bonchev–Trinajstić information content (AvgIpc) is 2.65. The molecule has 3 N–H and O–H groups in total. The Morgan fingerprint density at radius 1 is 0.931 bits per heavy atom. The molecule has 29 heavy (non-hydrogen) atoms. The predicted octanol–water partition coefficient (Wildman–Crippen LogP) is 2.34. The third-order valence-electron chi connectivity index (χ3n) is 4.60. The highest BCUT2D eigenvalue weighted by Crippen LogP contribution is 2.18. The van der Waals surface area contributed by atoms with Gasteiger partial charge in [-0.2, -0.15) is 0 Å². The first-order chi connectivity index (χ1) is 13.6. The van der Waals surface area contributed by atoms with E-state index in [1.54, 1.807) is 25.1 Å². The molecule has 7 nitrogen and oxygen atoms in total. The first-order valence-electron chi connectivity index (χ1n) is 9.30. The molecule has 0 aliphatic carbocycles. The van der Waals surface area contributed by atoms with Crippen LogP contribution in [0.25, 0.3) is 0 Å². The van der Waals surface area contributed by atoms with Crippen molar-refractivity contribution in [2.45, 2.75) is 39.0 Å². The van der Waals surface area contributed by atoms with Crippen LogP contribution in [0, 0.1) is 27.7 Å². The number of carbonyl (C=O) groups excluding carboxylic acids is 2. The zero-order chi connectivity index (χ0) is 21.6. The number of hydrogen-bond acceptors (Lipinski definition) is 4. The molecular formula is C21H27N3O4S. The summed E-state index contributed by atoms with van der Waals surface area (Å²) in [6.45, 7) is 7.15. The van der Waals surface area contributed by atoms with Gasteiger partial charge in [0, 0.05) is 18.7 Å². The Bertz CT molecular complexity index is 1020. The van der Waals surface area contributed by atoms with E-state index in [1.165, 1.54) is 0 Å². The highest BCUT2D eigenvalue weighted by Gasteiger charge is 2.17. The quantitative estimate of drug-likeness (QED) is 0.613. The minimum absolute atomic E-state index is 0.0554. The van der Waals surface area contributed by atoms with Crippen LogP contribution in [0.15, 0.2) is 41.3 Å². The normalized spacial score (nSPS) is 11.2. The molecular weight excluding hydrogens is 390 g/mol. The molecule has 0 aliphatic heterocycles. The Labute approximate surface area is 172 Å². The van der Waals surface area contributed by atoms with Crippen molar-refractivity contribution in [3.05, 3.63) is 58.7 Å². The molecule has 0 unspecified atom stereocenters. The summed E-state index contributed by atoms with van der Waals surface area (Å²) in [4.78, 5) is 24.2. The van der Waals surface area contributed by atoms with E-state index >= 15 is 0 Å². The monoisotopic (exact) mass is 417 g/mol. The standard InChI is InChI=1S/C21H27N3O4S/c1-14-8-9-16(3)19(12-14)29(27,28)23-11-10-20(25)22-13-21(26)24-18-7-5-6-15(2)17(18)4/h5-9,12,23H,10-11,13H2,1-4H3,(H,22,25)(H,24,26). The second kappa shape index (κ2) is 9.67. The van der Waals surface area contributed by atoms with Crippen LogP contribution < -0.4 is 15.4 Å². The van der Waals surface area contributed by atoms with Crippen molar-refractivity contribution in [1.29, 1.82) is 0 Å². The SMILES string of the molecule is Cc1ccc(C)c(S(=O)(=O)NCCC(=O)NCC(=O)Nc2cccc(C)c2C)c1. The number of nitrogens with one attached hydrogen (secondary N) is 3. The van der Waals surface area contributed by atoms with Gasteiger partial charge in [0.25, 0.3) is 0 Å². The van der Waals surface area contributed by atoms with E-state index in [0.29, 0.717) is 11.3 Å². The van der Waals surface area contributed by atoms with E-state index < -0.39 is 15.9 Å². The predicted molar refractivity (Wildman–Crippen MR) is 113 cm³/mol. The molecule has 2 rings (SSSR count). The number of rotatable bonds is 8. The highest BCUT2D eigenvalue weighted by molar-refractivity contribution is 7.89. The lowest BCUT2D eigenvalue weighted by Crippen LogP contribution is -2.35. The smallest absolute Gasteiger partial charge is 0.243 e. The van der Waals surface area contributed by atoms with Crippen LogP contribution in [-0.2, 0) is 19.6 Å². The Kier molecular flexibility index (Phi) is 7.53. The molecule has 0 aliphatic rings. The lowest BCUT2D eigenvalue weighted by atomic mass is 10.1. The fourth-order valence-electron chi connectivity index (χ4n) is 2.72. The lowest BCUT2D eigenvalue weighted by Gasteiger charge is -2.12. The van der Waals surface area contributed by atoms with Gasteiger partial charge in [-0.15, -0.1) is 0 Å². The first kappa shape index (κ1) is 22.6. The maximum absolute atomic E-state index is 12.4. The van der Waals surface area contributed by atoms with Crippen LogP contribution >= 0.6 is 0 Å². The Morgan fingerprint density at radius 3 is 2.38 bits per heavy atom. The number of aryl methyl sites for hydroxylation is 3. The summed E-state index contributed by atoms with van der Waals surface area (Å²) in [6, 6.07) is 10.8. The second-order valence-corrected chi connectivity index (χ2v) is 8.72. The molecule has 8 heteroatoms. The number of benzene rings is 2. The Morgan fingerprint density at radius 2 is 1.66 bits per heavy atom. The van der Waals surface area contributed by atoms with E-state index in [-0.39, 0.29) is 30.3 Å². The molecule has 0 aromatic heterocycles. The van der Waals surface area contributed by atoms with Crippen molar-refractivity contribution in [2.24, 2.45) is 0 Å². The zero-order valence-corrected chi connectivity index (χ0v) is 17.9. The van der Waals surface area contributed by atoms with Gasteiger partial charge in [-0.05, 0) is 62.1 Å². The molecule has 2 aromatic rings. The van der Waals surface area contributed by atoms with Crippen molar-refractivity contribution in [3.8, 4) is 0 Å². The van der Waals surface area contributed by atoms with Gasteiger partial charge >= 0.3 is 0 Å². The highest BCUT2D eigenvalue weighted by atomic mass is 32.2. The van der Waals surface area contributed by atoms with E-state index in [0.717, 1.165) is 16.7 Å². The van der Waals surface area contributed by atoms with E-state index in [4.69, 9.17) is 0 Å². The molecule has 2 amide bonds. The summed E-state index contributed by atoms with van der Waals surface area (Å²) in [5.74, 6) is -0.757. The van der Waals surface area contributed by atoms with Crippen LogP contribution in [0.3, 0.4) is 0 Å². The number of sulfonamides is 1. The molecule has 156 valence electrons. The lowest BCUT2D eigenvalue weighted by molar-refractivity contribution is -0.124. The summed E-state index contributed by atoms with van der Waals surface area (Å²) < 4.78 is 27.2. The van der Waals surface area contributed by atoms with Crippen molar-refractivity contribution in [2.75, 3.05) is 18.4 Å². The summed E-state index contributed by atoms with van der Waals surface area (Å²) in [5, 5.41) is 5.25. The van der Waals surface area contributed by atoms with Gasteiger partial charge < -0.3 is 10.6 Å². The maximum atomic E-state index is 12.4. The van der Waals surface area contributed by atoms with Gasteiger partial charge in [0.05, 0.1) is 11.4 Å². The Hall–Kier alpha value is -2.71. The molecule has 0 saturated heterocycles. The first-order valence-corrected chi connectivity index (χ1v) is 10.8. The summed E-state index contributed by atoms with van der Waals surface area (Å²) >= 11 is 0. The van der Waals surface area contributed by atoms with Gasteiger partial charge in [0.15, 0.2) is 0 Å². The third kappa shape index (κ3) is 6.40. The summed E-state index contributed by atoms with van der Waals surface area (Å²) in [6.07, 6.45) is -0.0686. The minimum atomic E-state index is -3.70. The van der Waals surface area contributed by atoms with Crippen LogP contribution in [0.1, 0.15) is 28.7 Å². The van der Waals surface area contributed by atoms with Gasteiger partial charge in [0.1, 0.15) is 0 Å². The van der Waals surface area contributed by atoms with Gasteiger partial charge in [-0.3, -0.25) is 9.59 Å². The number of carbonyl (C=O) groups is 2. The minimum Gasteiger partial charge on any atom is -0.347 e. The maximum Gasteiger partial charge on any atom is 0.243 e. The average molecular weight is 418 g/mol.